The Kier molecular flexibility index (Phi) is 7.04. The zero-order chi connectivity index (χ0) is 15.8. The Balaban J connectivity index is 2.64. The Labute approximate surface area is 122 Å². The molecule has 0 radical (unpaired) electrons. The highest BCUT2D eigenvalue weighted by molar-refractivity contribution is 5.77. The molecule has 1 amide bonds. The van der Waals surface area contributed by atoms with Gasteiger partial charge in [-0.05, 0) is 17.7 Å². The van der Waals surface area contributed by atoms with Gasteiger partial charge in [-0.3, -0.25) is 4.79 Å². The predicted molar refractivity (Wildman–Crippen MR) is 74.1 cm³/mol. The van der Waals surface area contributed by atoms with Crippen molar-refractivity contribution in [2.45, 2.75) is 6.54 Å². The Morgan fingerprint density at radius 1 is 1.29 bits per heavy atom. The summed E-state index contributed by atoms with van der Waals surface area (Å²) in [6, 6.07) is 2.36. The monoisotopic (exact) mass is 302 g/mol. The molecule has 118 valence electrons. The highest BCUT2D eigenvalue weighted by Gasteiger charge is 2.15. The van der Waals surface area contributed by atoms with Crippen molar-refractivity contribution in [3.63, 3.8) is 0 Å². The standard InChI is InChI=1S/C14H20F2N2O3/c1-18(2)13(19)9-21-14-11(15)6-10(7-12(14)16)8-17-4-5-20-3/h6-7,17H,4-5,8-9H2,1-3H3. The Morgan fingerprint density at radius 3 is 2.43 bits per heavy atom. The van der Waals surface area contributed by atoms with Gasteiger partial charge in [0, 0.05) is 34.3 Å². The average Bonchev–Trinajstić information content (AvgIpc) is 2.42. The zero-order valence-corrected chi connectivity index (χ0v) is 12.4. The lowest BCUT2D eigenvalue weighted by Gasteiger charge is -2.13. The first-order chi connectivity index (χ1) is 9.95. The maximum absolute atomic E-state index is 13.8. The van der Waals surface area contributed by atoms with Crippen molar-refractivity contribution >= 4 is 5.91 Å². The molecule has 0 saturated carbocycles. The summed E-state index contributed by atoms with van der Waals surface area (Å²) in [5.74, 6) is -2.57. The van der Waals surface area contributed by atoms with E-state index in [2.05, 4.69) is 5.32 Å². The van der Waals surface area contributed by atoms with Crippen molar-refractivity contribution in [1.82, 2.24) is 10.2 Å². The van der Waals surface area contributed by atoms with Gasteiger partial charge in [0.2, 0.25) is 0 Å². The van der Waals surface area contributed by atoms with Gasteiger partial charge >= 0.3 is 0 Å². The second-order valence-corrected chi connectivity index (χ2v) is 4.64. The van der Waals surface area contributed by atoms with E-state index in [1.165, 1.54) is 31.1 Å². The summed E-state index contributed by atoms with van der Waals surface area (Å²) in [6.07, 6.45) is 0. The number of halogens is 2. The molecule has 0 aromatic heterocycles. The smallest absolute Gasteiger partial charge is 0.259 e. The van der Waals surface area contributed by atoms with Crippen LogP contribution in [0, 0.1) is 11.6 Å². The second-order valence-electron chi connectivity index (χ2n) is 4.64. The van der Waals surface area contributed by atoms with Crippen molar-refractivity contribution in [3.05, 3.63) is 29.3 Å². The quantitative estimate of drug-likeness (QED) is 0.732. The molecule has 0 heterocycles. The van der Waals surface area contributed by atoms with Crippen LogP contribution in [0.1, 0.15) is 5.56 Å². The summed E-state index contributed by atoms with van der Waals surface area (Å²) in [5.41, 5.74) is 0.451. The minimum absolute atomic E-state index is 0.314. The van der Waals surface area contributed by atoms with E-state index in [0.29, 0.717) is 25.3 Å². The molecular formula is C14H20F2N2O3. The van der Waals surface area contributed by atoms with Gasteiger partial charge in [0.05, 0.1) is 6.61 Å². The van der Waals surface area contributed by atoms with Gasteiger partial charge in [-0.2, -0.15) is 0 Å². The summed E-state index contributed by atoms with van der Waals surface area (Å²) in [5, 5.41) is 2.98. The average molecular weight is 302 g/mol. The van der Waals surface area contributed by atoms with Crippen LogP contribution in [0.5, 0.6) is 5.75 Å². The van der Waals surface area contributed by atoms with Crippen LogP contribution >= 0.6 is 0 Å². The molecule has 1 aromatic carbocycles. The molecule has 0 aliphatic rings. The SMILES string of the molecule is COCCNCc1cc(F)c(OCC(=O)N(C)C)c(F)c1. The molecule has 0 spiro atoms. The van der Waals surface area contributed by atoms with Gasteiger partial charge in [0.15, 0.2) is 24.0 Å². The third kappa shape index (κ3) is 5.65. The summed E-state index contributed by atoms with van der Waals surface area (Å²) in [4.78, 5) is 12.6. The van der Waals surface area contributed by atoms with Crippen LogP contribution < -0.4 is 10.1 Å². The van der Waals surface area contributed by atoms with Crippen LogP contribution in [0.25, 0.3) is 0 Å². The van der Waals surface area contributed by atoms with E-state index in [1.807, 2.05) is 0 Å². The summed E-state index contributed by atoms with van der Waals surface area (Å²) in [7, 11) is 4.64. The molecule has 0 aliphatic carbocycles. The van der Waals surface area contributed by atoms with Gasteiger partial charge in [0.1, 0.15) is 0 Å². The molecule has 21 heavy (non-hydrogen) atoms. The van der Waals surface area contributed by atoms with Crippen molar-refractivity contribution in [2.24, 2.45) is 0 Å². The third-order valence-electron chi connectivity index (χ3n) is 2.71. The van der Waals surface area contributed by atoms with Crippen LogP contribution in [0.15, 0.2) is 12.1 Å². The lowest BCUT2D eigenvalue weighted by molar-refractivity contribution is -0.130. The van der Waals surface area contributed by atoms with Crippen molar-refractivity contribution in [1.29, 1.82) is 0 Å². The van der Waals surface area contributed by atoms with Crippen LogP contribution in [0.4, 0.5) is 8.78 Å². The van der Waals surface area contributed by atoms with Crippen LogP contribution in [0.2, 0.25) is 0 Å². The second kappa shape index (κ2) is 8.53. The number of hydrogen-bond acceptors (Lipinski definition) is 4. The molecule has 0 unspecified atom stereocenters. The van der Waals surface area contributed by atoms with E-state index in [4.69, 9.17) is 9.47 Å². The first-order valence-corrected chi connectivity index (χ1v) is 6.46. The molecule has 0 atom stereocenters. The largest absolute Gasteiger partial charge is 0.478 e. The van der Waals surface area contributed by atoms with Gasteiger partial charge in [-0.15, -0.1) is 0 Å². The van der Waals surface area contributed by atoms with Crippen molar-refractivity contribution in [2.75, 3.05) is 41.0 Å². The first kappa shape index (κ1) is 17.3. The number of amides is 1. The van der Waals surface area contributed by atoms with E-state index in [0.717, 1.165) is 0 Å². The Hall–Kier alpha value is -1.73. The minimum Gasteiger partial charge on any atom is -0.478 e. The molecule has 0 saturated heterocycles. The number of nitrogens with zero attached hydrogens (tertiary/aromatic N) is 1. The van der Waals surface area contributed by atoms with Gasteiger partial charge in [0.25, 0.3) is 5.91 Å². The predicted octanol–water partition coefficient (Wildman–Crippen LogP) is 1.17. The fourth-order valence-corrected chi connectivity index (χ4v) is 1.52. The van der Waals surface area contributed by atoms with Gasteiger partial charge < -0.3 is 19.7 Å². The molecule has 7 heteroatoms. The van der Waals surface area contributed by atoms with E-state index >= 15 is 0 Å². The molecule has 0 aliphatic heterocycles. The topological polar surface area (TPSA) is 50.8 Å². The first-order valence-electron chi connectivity index (χ1n) is 6.46. The van der Waals surface area contributed by atoms with E-state index in [1.54, 1.807) is 7.11 Å². The molecule has 0 bridgehead atoms. The number of likely N-dealkylation sites (N-methyl/N-ethyl adjacent to an activating group) is 1. The molecule has 5 nitrogen and oxygen atoms in total. The maximum Gasteiger partial charge on any atom is 0.259 e. The number of methoxy groups -OCH3 is 1. The number of hydrogen-bond donors (Lipinski definition) is 1. The Bertz CT molecular complexity index is 458. The van der Waals surface area contributed by atoms with E-state index in [-0.39, 0.29) is 5.91 Å². The fourth-order valence-electron chi connectivity index (χ4n) is 1.52. The highest BCUT2D eigenvalue weighted by atomic mass is 19.1. The maximum atomic E-state index is 13.8. The molecule has 1 rings (SSSR count). The summed E-state index contributed by atoms with van der Waals surface area (Å²) >= 11 is 0. The summed E-state index contributed by atoms with van der Waals surface area (Å²) in [6.45, 7) is 0.995. The Morgan fingerprint density at radius 2 is 1.90 bits per heavy atom. The summed E-state index contributed by atoms with van der Waals surface area (Å²) < 4.78 is 37.4. The van der Waals surface area contributed by atoms with Crippen molar-refractivity contribution in [3.8, 4) is 5.75 Å². The number of ether oxygens (including phenoxy) is 2. The van der Waals surface area contributed by atoms with Gasteiger partial charge in [-0.25, -0.2) is 8.78 Å². The number of benzene rings is 1. The van der Waals surface area contributed by atoms with Gasteiger partial charge in [-0.1, -0.05) is 0 Å². The van der Waals surface area contributed by atoms with Crippen molar-refractivity contribution < 1.29 is 23.0 Å². The highest BCUT2D eigenvalue weighted by Crippen LogP contribution is 2.23. The number of rotatable bonds is 8. The minimum atomic E-state index is -0.829. The zero-order valence-electron chi connectivity index (χ0n) is 12.4. The van der Waals surface area contributed by atoms with E-state index < -0.39 is 24.0 Å². The number of carbonyl (C=O) groups is 1. The third-order valence-corrected chi connectivity index (χ3v) is 2.71. The molecule has 0 fully saturated rings. The molecular weight excluding hydrogens is 282 g/mol. The normalized spacial score (nSPS) is 10.5. The lowest BCUT2D eigenvalue weighted by Crippen LogP contribution is -2.28. The number of nitrogens with one attached hydrogen (secondary N) is 1. The van der Waals surface area contributed by atoms with E-state index in [9.17, 15) is 13.6 Å². The van der Waals surface area contributed by atoms with Crippen LogP contribution in [-0.4, -0.2) is 51.8 Å². The van der Waals surface area contributed by atoms with Crippen LogP contribution in [0.3, 0.4) is 0 Å². The molecule has 1 aromatic rings. The lowest BCUT2D eigenvalue weighted by atomic mass is 10.2. The molecule has 1 N–H and O–H groups in total. The number of carbonyl (C=O) groups excluding carboxylic acids is 1. The van der Waals surface area contributed by atoms with Crippen LogP contribution in [-0.2, 0) is 16.1 Å². The fraction of sp³-hybridized carbons (Fsp3) is 0.500.